The molecule has 16 heavy (non-hydrogen) atoms. The Morgan fingerprint density at radius 3 is 2.69 bits per heavy atom. The fourth-order valence-electron chi connectivity index (χ4n) is 1.40. The maximum absolute atomic E-state index is 13.4. The molecule has 0 unspecified atom stereocenters. The number of hydrogen-bond acceptors (Lipinski definition) is 2. The summed E-state index contributed by atoms with van der Waals surface area (Å²) in [6, 6.07) is 4.62. The van der Waals surface area contributed by atoms with Crippen LogP contribution in [-0.2, 0) is 0 Å². The molecule has 0 atom stereocenters. The van der Waals surface area contributed by atoms with Gasteiger partial charge in [-0.15, -0.1) is 0 Å². The van der Waals surface area contributed by atoms with Crippen LogP contribution in [-0.4, -0.2) is 38.0 Å². The summed E-state index contributed by atoms with van der Waals surface area (Å²) in [5.41, 5.74) is 0.795. The number of nitrogens with one attached hydrogen (secondary N) is 1. The van der Waals surface area contributed by atoms with Crippen LogP contribution in [0.25, 0.3) is 0 Å². The topological polar surface area (TPSA) is 32.3 Å². The second-order valence-corrected chi connectivity index (χ2v) is 3.99. The zero-order valence-electron chi connectivity index (χ0n) is 9.88. The maximum Gasteiger partial charge on any atom is 0.254 e. The molecule has 0 aliphatic carbocycles. The number of hydrogen-bond donors (Lipinski definition) is 1. The van der Waals surface area contributed by atoms with Crippen LogP contribution >= 0.6 is 0 Å². The summed E-state index contributed by atoms with van der Waals surface area (Å²) < 4.78 is 13.4. The van der Waals surface area contributed by atoms with Gasteiger partial charge in [-0.1, -0.05) is 12.1 Å². The van der Waals surface area contributed by atoms with Gasteiger partial charge in [-0.3, -0.25) is 4.79 Å². The Labute approximate surface area is 95.3 Å². The third kappa shape index (κ3) is 3.31. The summed E-state index contributed by atoms with van der Waals surface area (Å²) in [7, 11) is 3.83. The number of amides is 1. The van der Waals surface area contributed by atoms with E-state index in [0.29, 0.717) is 12.1 Å². The van der Waals surface area contributed by atoms with Gasteiger partial charge in [0.15, 0.2) is 0 Å². The van der Waals surface area contributed by atoms with Crippen molar-refractivity contribution < 1.29 is 9.18 Å². The van der Waals surface area contributed by atoms with Gasteiger partial charge in [0.1, 0.15) is 5.82 Å². The number of likely N-dealkylation sites (N-methyl/N-ethyl adjacent to an activating group) is 1. The Morgan fingerprint density at radius 1 is 1.44 bits per heavy atom. The molecule has 0 heterocycles. The zero-order chi connectivity index (χ0) is 12.1. The van der Waals surface area contributed by atoms with Gasteiger partial charge in [0.05, 0.1) is 5.56 Å². The van der Waals surface area contributed by atoms with E-state index in [0.717, 1.165) is 6.54 Å². The average molecular weight is 224 g/mol. The summed E-state index contributed by atoms with van der Waals surface area (Å²) in [6.07, 6.45) is 0. The predicted octanol–water partition coefficient (Wildman–Crippen LogP) is 1.43. The third-order valence-electron chi connectivity index (χ3n) is 2.29. The second-order valence-electron chi connectivity index (χ2n) is 3.99. The van der Waals surface area contributed by atoms with E-state index in [-0.39, 0.29) is 11.5 Å². The van der Waals surface area contributed by atoms with Crippen LogP contribution in [0.4, 0.5) is 4.39 Å². The van der Waals surface area contributed by atoms with E-state index >= 15 is 0 Å². The molecule has 0 aliphatic rings. The summed E-state index contributed by atoms with van der Waals surface area (Å²) in [6.45, 7) is 2.97. The summed E-state index contributed by atoms with van der Waals surface area (Å²) in [4.78, 5) is 13.7. The van der Waals surface area contributed by atoms with E-state index in [9.17, 15) is 9.18 Å². The highest BCUT2D eigenvalue weighted by Gasteiger charge is 2.13. The Balaban J connectivity index is 2.66. The minimum Gasteiger partial charge on any atom is -0.351 e. The molecule has 0 saturated heterocycles. The largest absolute Gasteiger partial charge is 0.351 e. The molecule has 0 fully saturated rings. The summed E-state index contributed by atoms with van der Waals surface area (Å²) in [5, 5.41) is 2.69. The van der Waals surface area contributed by atoms with Gasteiger partial charge >= 0.3 is 0 Å². The van der Waals surface area contributed by atoms with Gasteiger partial charge in [0.25, 0.3) is 5.91 Å². The van der Waals surface area contributed by atoms with Crippen molar-refractivity contribution in [1.29, 1.82) is 0 Å². The first-order valence-corrected chi connectivity index (χ1v) is 5.20. The molecule has 1 N–H and O–H groups in total. The van der Waals surface area contributed by atoms with Crippen molar-refractivity contribution >= 4 is 5.91 Å². The van der Waals surface area contributed by atoms with E-state index in [1.54, 1.807) is 19.1 Å². The molecule has 1 aromatic rings. The minimum atomic E-state index is -0.470. The van der Waals surface area contributed by atoms with E-state index < -0.39 is 5.82 Å². The van der Waals surface area contributed by atoms with Gasteiger partial charge in [-0.2, -0.15) is 0 Å². The molecule has 0 saturated carbocycles. The van der Waals surface area contributed by atoms with Crippen molar-refractivity contribution in [2.45, 2.75) is 6.92 Å². The smallest absolute Gasteiger partial charge is 0.254 e. The highest BCUT2D eigenvalue weighted by Crippen LogP contribution is 2.11. The van der Waals surface area contributed by atoms with E-state index in [2.05, 4.69) is 5.32 Å². The Morgan fingerprint density at radius 2 is 2.12 bits per heavy atom. The third-order valence-corrected chi connectivity index (χ3v) is 2.29. The maximum atomic E-state index is 13.4. The molecular weight excluding hydrogens is 207 g/mol. The fraction of sp³-hybridized carbons (Fsp3) is 0.417. The van der Waals surface area contributed by atoms with Gasteiger partial charge in [0, 0.05) is 13.1 Å². The number of carbonyl (C=O) groups is 1. The number of carbonyl (C=O) groups excluding carboxylic acids is 1. The highest BCUT2D eigenvalue weighted by molar-refractivity contribution is 5.95. The van der Waals surface area contributed by atoms with E-state index in [1.807, 2.05) is 19.0 Å². The van der Waals surface area contributed by atoms with Crippen LogP contribution in [0.1, 0.15) is 15.9 Å². The molecule has 1 amide bonds. The standard InChI is InChI=1S/C12H17FN2O/c1-9-5-4-6-10(13)11(9)12(16)14-7-8-15(2)3/h4-6H,7-8H2,1-3H3,(H,14,16). The van der Waals surface area contributed by atoms with Crippen molar-refractivity contribution in [2.24, 2.45) is 0 Å². The second kappa shape index (κ2) is 5.61. The van der Waals surface area contributed by atoms with Crippen molar-refractivity contribution in [2.75, 3.05) is 27.2 Å². The molecule has 1 rings (SSSR count). The lowest BCUT2D eigenvalue weighted by atomic mass is 10.1. The normalized spacial score (nSPS) is 10.6. The molecule has 0 radical (unpaired) electrons. The number of aryl methyl sites for hydroxylation is 1. The SMILES string of the molecule is Cc1cccc(F)c1C(=O)NCCN(C)C. The number of benzene rings is 1. The lowest BCUT2D eigenvalue weighted by Crippen LogP contribution is -2.32. The predicted molar refractivity (Wildman–Crippen MR) is 62.0 cm³/mol. The molecule has 4 heteroatoms. The summed E-state index contributed by atoms with van der Waals surface area (Å²) in [5.74, 6) is -0.820. The van der Waals surface area contributed by atoms with Crippen molar-refractivity contribution in [1.82, 2.24) is 10.2 Å². The van der Waals surface area contributed by atoms with Crippen LogP contribution in [0.2, 0.25) is 0 Å². The molecule has 1 aromatic carbocycles. The minimum absolute atomic E-state index is 0.140. The molecule has 3 nitrogen and oxygen atoms in total. The molecule has 0 aliphatic heterocycles. The monoisotopic (exact) mass is 224 g/mol. The van der Waals surface area contributed by atoms with Gasteiger partial charge in [-0.25, -0.2) is 4.39 Å². The van der Waals surface area contributed by atoms with Crippen molar-refractivity contribution in [3.05, 3.63) is 35.1 Å². The molecule has 88 valence electrons. The first-order valence-electron chi connectivity index (χ1n) is 5.20. The van der Waals surface area contributed by atoms with Gasteiger partial charge < -0.3 is 10.2 Å². The van der Waals surface area contributed by atoms with Crippen LogP contribution < -0.4 is 5.32 Å². The molecule has 0 spiro atoms. The lowest BCUT2D eigenvalue weighted by Gasteiger charge is -2.11. The number of rotatable bonds is 4. The Hall–Kier alpha value is -1.42. The average Bonchev–Trinajstić information content (AvgIpc) is 2.16. The van der Waals surface area contributed by atoms with Crippen LogP contribution in [0.5, 0.6) is 0 Å². The Kier molecular flexibility index (Phi) is 4.43. The van der Waals surface area contributed by atoms with Crippen LogP contribution in [0.3, 0.4) is 0 Å². The van der Waals surface area contributed by atoms with E-state index in [1.165, 1.54) is 6.07 Å². The zero-order valence-corrected chi connectivity index (χ0v) is 9.88. The lowest BCUT2D eigenvalue weighted by molar-refractivity contribution is 0.0946. The first kappa shape index (κ1) is 12.6. The molecule has 0 aromatic heterocycles. The number of nitrogens with zero attached hydrogens (tertiary/aromatic N) is 1. The highest BCUT2D eigenvalue weighted by atomic mass is 19.1. The van der Waals surface area contributed by atoms with Crippen LogP contribution in [0.15, 0.2) is 18.2 Å². The summed E-state index contributed by atoms with van der Waals surface area (Å²) >= 11 is 0. The van der Waals surface area contributed by atoms with Crippen LogP contribution in [0, 0.1) is 12.7 Å². The quantitative estimate of drug-likeness (QED) is 0.839. The molecular formula is C12H17FN2O. The number of halogens is 1. The molecule has 0 bridgehead atoms. The van der Waals surface area contributed by atoms with Crippen molar-refractivity contribution in [3.63, 3.8) is 0 Å². The fourth-order valence-corrected chi connectivity index (χ4v) is 1.40. The Bertz CT molecular complexity index is 357. The van der Waals surface area contributed by atoms with Gasteiger partial charge in [0.2, 0.25) is 0 Å². The van der Waals surface area contributed by atoms with E-state index in [4.69, 9.17) is 0 Å². The van der Waals surface area contributed by atoms with Gasteiger partial charge in [-0.05, 0) is 32.6 Å². The first-order chi connectivity index (χ1) is 7.52. The van der Waals surface area contributed by atoms with Crippen molar-refractivity contribution in [3.8, 4) is 0 Å².